The van der Waals surface area contributed by atoms with Gasteiger partial charge in [-0.25, -0.2) is 8.42 Å². The molecule has 0 aliphatic carbocycles. The molecule has 2 aromatic carbocycles. The van der Waals surface area contributed by atoms with Gasteiger partial charge in [-0.15, -0.1) is 0 Å². The van der Waals surface area contributed by atoms with E-state index in [-0.39, 0.29) is 22.2 Å². The van der Waals surface area contributed by atoms with Gasteiger partial charge in [0, 0.05) is 9.50 Å². The van der Waals surface area contributed by atoms with Gasteiger partial charge in [0.1, 0.15) is 0 Å². The normalized spacial score (nSPS) is 11.4. The largest absolute Gasteiger partial charge is 0.392 e. The highest BCUT2D eigenvalue weighted by molar-refractivity contribution is 9.10. The molecule has 0 bridgehead atoms. The molecular formula is C13H10BrCl2NO3S. The second-order valence-electron chi connectivity index (χ2n) is 4.14. The van der Waals surface area contributed by atoms with Crippen LogP contribution in [0.5, 0.6) is 0 Å². The summed E-state index contributed by atoms with van der Waals surface area (Å²) in [5.74, 6) is 0. The van der Waals surface area contributed by atoms with Crippen molar-refractivity contribution in [3.8, 4) is 0 Å². The van der Waals surface area contributed by atoms with E-state index < -0.39 is 10.0 Å². The van der Waals surface area contributed by atoms with Crippen molar-refractivity contribution >= 4 is 54.8 Å². The highest BCUT2D eigenvalue weighted by Crippen LogP contribution is 2.29. The molecule has 0 spiro atoms. The van der Waals surface area contributed by atoms with Gasteiger partial charge in [-0.1, -0.05) is 39.1 Å². The monoisotopic (exact) mass is 409 g/mol. The molecular weight excluding hydrogens is 401 g/mol. The van der Waals surface area contributed by atoms with E-state index in [1.807, 2.05) is 0 Å². The predicted molar refractivity (Wildman–Crippen MR) is 87.3 cm³/mol. The summed E-state index contributed by atoms with van der Waals surface area (Å²) >= 11 is 15.1. The first-order valence-electron chi connectivity index (χ1n) is 5.70. The summed E-state index contributed by atoms with van der Waals surface area (Å²) in [6.45, 7) is -0.347. The van der Waals surface area contributed by atoms with Crippen LogP contribution in [-0.2, 0) is 16.6 Å². The van der Waals surface area contributed by atoms with Crippen molar-refractivity contribution in [3.63, 3.8) is 0 Å². The summed E-state index contributed by atoms with van der Waals surface area (Å²) in [6.07, 6.45) is 0. The standard InChI is InChI=1S/C13H10BrCl2NO3S/c14-9-1-3-12(16)13(6-9)17-21(19,20)10-2-4-11(15)8(5-10)7-18/h1-6,17-18H,7H2. The first-order valence-corrected chi connectivity index (χ1v) is 8.74. The maximum atomic E-state index is 12.3. The Hall–Kier alpha value is -0.790. The van der Waals surface area contributed by atoms with E-state index in [1.54, 1.807) is 18.2 Å². The summed E-state index contributed by atoms with van der Waals surface area (Å²) in [6, 6.07) is 8.93. The summed E-state index contributed by atoms with van der Waals surface area (Å²) in [4.78, 5) is -0.00741. The zero-order valence-electron chi connectivity index (χ0n) is 10.5. The Morgan fingerprint density at radius 3 is 2.43 bits per heavy atom. The summed E-state index contributed by atoms with van der Waals surface area (Å²) in [5, 5.41) is 9.73. The Kier molecular flexibility index (Phi) is 5.16. The van der Waals surface area contributed by atoms with Gasteiger partial charge in [0.2, 0.25) is 0 Å². The number of aliphatic hydroxyl groups excluding tert-OH is 1. The Labute approximate surface area is 140 Å². The number of nitrogens with one attached hydrogen (secondary N) is 1. The molecule has 2 N–H and O–H groups in total. The molecule has 2 rings (SSSR count). The van der Waals surface area contributed by atoms with E-state index >= 15 is 0 Å². The number of hydrogen-bond donors (Lipinski definition) is 2. The highest BCUT2D eigenvalue weighted by atomic mass is 79.9. The molecule has 0 amide bonds. The fraction of sp³-hybridized carbons (Fsp3) is 0.0769. The van der Waals surface area contributed by atoms with Crippen LogP contribution in [0.3, 0.4) is 0 Å². The highest BCUT2D eigenvalue weighted by Gasteiger charge is 2.17. The van der Waals surface area contributed by atoms with Crippen molar-refractivity contribution in [2.24, 2.45) is 0 Å². The lowest BCUT2D eigenvalue weighted by molar-refractivity contribution is 0.281. The first kappa shape index (κ1) is 16.6. The molecule has 0 fully saturated rings. The molecule has 0 unspecified atom stereocenters. The van der Waals surface area contributed by atoms with Gasteiger partial charge < -0.3 is 5.11 Å². The zero-order chi connectivity index (χ0) is 15.6. The van der Waals surface area contributed by atoms with Crippen molar-refractivity contribution in [2.45, 2.75) is 11.5 Å². The average molecular weight is 411 g/mol. The van der Waals surface area contributed by atoms with Crippen LogP contribution in [-0.4, -0.2) is 13.5 Å². The Balaban J connectivity index is 2.41. The van der Waals surface area contributed by atoms with Crippen molar-refractivity contribution in [3.05, 3.63) is 56.5 Å². The third-order valence-corrected chi connectivity index (χ3v) is 5.23. The number of sulfonamides is 1. The fourth-order valence-electron chi connectivity index (χ4n) is 1.62. The van der Waals surface area contributed by atoms with Crippen LogP contribution >= 0.6 is 39.1 Å². The minimum Gasteiger partial charge on any atom is -0.392 e. The van der Waals surface area contributed by atoms with Crippen LogP contribution in [0, 0.1) is 0 Å². The molecule has 4 nitrogen and oxygen atoms in total. The fourth-order valence-corrected chi connectivity index (χ4v) is 3.50. The van der Waals surface area contributed by atoms with Crippen molar-refractivity contribution < 1.29 is 13.5 Å². The van der Waals surface area contributed by atoms with Crippen LogP contribution in [0.25, 0.3) is 0 Å². The number of halogens is 3. The van der Waals surface area contributed by atoms with E-state index in [0.29, 0.717) is 15.1 Å². The number of benzene rings is 2. The van der Waals surface area contributed by atoms with Crippen LogP contribution in [0.15, 0.2) is 45.8 Å². The minimum absolute atomic E-state index is 0.00741. The quantitative estimate of drug-likeness (QED) is 0.798. The topological polar surface area (TPSA) is 66.4 Å². The molecule has 8 heteroatoms. The van der Waals surface area contributed by atoms with Gasteiger partial charge in [0.25, 0.3) is 10.0 Å². The number of anilines is 1. The Morgan fingerprint density at radius 2 is 1.76 bits per heavy atom. The third kappa shape index (κ3) is 3.90. The van der Waals surface area contributed by atoms with E-state index in [1.165, 1.54) is 18.2 Å². The molecule has 0 saturated carbocycles. The number of aliphatic hydroxyl groups is 1. The van der Waals surface area contributed by atoms with E-state index in [2.05, 4.69) is 20.7 Å². The molecule has 0 aliphatic heterocycles. The van der Waals surface area contributed by atoms with Crippen LogP contribution in [0.4, 0.5) is 5.69 Å². The summed E-state index contributed by atoms with van der Waals surface area (Å²) < 4.78 is 27.8. The van der Waals surface area contributed by atoms with Crippen LogP contribution in [0.2, 0.25) is 10.0 Å². The molecule has 0 heterocycles. The summed E-state index contributed by atoms with van der Waals surface area (Å²) in [7, 11) is -3.83. The molecule has 21 heavy (non-hydrogen) atoms. The molecule has 0 radical (unpaired) electrons. The molecule has 0 aliphatic rings. The second-order valence-corrected chi connectivity index (χ2v) is 7.55. The number of rotatable bonds is 4. The minimum atomic E-state index is -3.83. The van der Waals surface area contributed by atoms with Crippen LogP contribution < -0.4 is 4.72 Å². The van der Waals surface area contributed by atoms with Gasteiger partial charge in [0.05, 0.1) is 22.2 Å². The maximum Gasteiger partial charge on any atom is 0.261 e. The molecule has 0 aromatic heterocycles. The average Bonchev–Trinajstić information content (AvgIpc) is 2.43. The number of hydrogen-bond acceptors (Lipinski definition) is 3. The van der Waals surface area contributed by atoms with Crippen molar-refractivity contribution in [1.29, 1.82) is 0 Å². The second kappa shape index (κ2) is 6.54. The van der Waals surface area contributed by atoms with E-state index in [0.717, 1.165) is 0 Å². The lowest BCUT2D eigenvalue weighted by atomic mass is 10.2. The molecule has 0 saturated heterocycles. The Bertz CT molecular complexity index is 781. The van der Waals surface area contributed by atoms with Gasteiger partial charge in [-0.05, 0) is 42.0 Å². The van der Waals surface area contributed by atoms with Gasteiger partial charge >= 0.3 is 0 Å². The lowest BCUT2D eigenvalue weighted by Crippen LogP contribution is -2.13. The van der Waals surface area contributed by atoms with Gasteiger partial charge in [-0.3, -0.25) is 4.72 Å². The maximum absolute atomic E-state index is 12.3. The van der Waals surface area contributed by atoms with Crippen LogP contribution in [0.1, 0.15) is 5.56 Å². The first-order chi connectivity index (χ1) is 9.83. The lowest BCUT2D eigenvalue weighted by Gasteiger charge is -2.11. The molecule has 0 atom stereocenters. The van der Waals surface area contributed by atoms with Gasteiger partial charge in [-0.2, -0.15) is 0 Å². The third-order valence-electron chi connectivity index (χ3n) is 2.67. The SMILES string of the molecule is O=S(=O)(Nc1cc(Br)ccc1Cl)c1ccc(Cl)c(CO)c1. The molecule has 2 aromatic rings. The van der Waals surface area contributed by atoms with Gasteiger partial charge in [0.15, 0.2) is 0 Å². The predicted octanol–water partition coefficient (Wildman–Crippen LogP) is 4.05. The van der Waals surface area contributed by atoms with Crippen molar-refractivity contribution in [2.75, 3.05) is 4.72 Å². The smallest absolute Gasteiger partial charge is 0.261 e. The molecule has 112 valence electrons. The van der Waals surface area contributed by atoms with Crippen molar-refractivity contribution in [1.82, 2.24) is 0 Å². The summed E-state index contributed by atoms with van der Waals surface area (Å²) in [5.41, 5.74) is 0.589. The zero-order valence-corrected chi connectivity index (χ0v) is 14.4. The van der Waals surface area contributed by atoms with E-state index in [4.69, 9.17) is 28.3 Å². The Morgan fingerprint density at radius 1 is 1.10 bits per heavy atom. The van der Waals surface area contributed by atoms with E-state index in [9.17, 15) is 8.42 Å².